The molecule has 16 heavy (non-hydrogen) atoms. The molecule has 0 amide bonds. The van der Waals surface area contributed by atoms with E-state index in [1.165, 1.54) is 12.8 Å². The van der Waals surface area contributed by atoms with E-state index >= 15 is 0 Å². The van der Waals surface area contributed by atoms with Gasteiger partial charge < -0.3 is 10.1 Å². The van der Waals surface area contributed by atoms with Crippen molar-refractivity contribution in [2.45, 2.75) is 37.0 Å². The van der Waals surface area contributed by atoms with Gasteiger partial charge in [-0.15, -0.1) is 0 Å². The maximum absolute atomic E-state index is 11.9. The molecule has 1 aliphatic carbocycles. The molecule has 5 nitrogen and oxygen atoms in total. The summed E-state index contributed by atoms with van der Waals surface area (Å²) in [6.07, 6.45) is 3.69. The highest BCUT2D eigenvalue weighted by Crippen LogP contribution is 2.18. The SMILES string of the molecule is O=S(=O)(NCCNC1CC1)C1CCOCC1. The second-order valence-electron chi connectivity index (χ2n) is 4.48. The fourth-order valence-corrected chi connectivity index (χ4v) is 3.30. The summed E-state index contributed by atoms with van der Waals surface area (Å²) < 4.78 is 31.5. The van der Waals surface area contributed by atoms with Crippen molar-refractivity contribution in [2.75, 3.05) is 26.3 Å². The van der Waals surface area contributed by atoms with Crippen LogP contribution in [0.4, 0.5) is 0 Å². The Morgan fingerprint density at radius 2 is 1.75 bits per heavy atom. The second-order valence-corrected chi connectivity index (χ2v) is 6.52. The van der Waals surface area contributed by atoms with Crippen LogP contribution in [0.5, 0.6) is 0 Å². The predicted molar refractivity (Wildman–Crippen MR) is 61.8 cm³/mol. The Labute approximate surface area is 97.0 Å². The molecule has 2 rings (SSSR count). The molecule has 0 atom stereocenters. The highest BCUT2D eigenvalue weighted by Gasteiger charge is 2.27. The highest BCUT2D eigenvalue weighted by atomic mass is 32.2. The molecule has 0 spiro atoms. The molecule has 0 unspecified atom stereocenters. The van der Waals surface area contributed by atoms with Gasteiger partial charge in [-0.05, 0) is 25.7 Å². The third-order valence-electron chi connectivity index (χ3n) is 3.05. The molecular formula is C10H20N2O3S. The summed E-state index contributed by atoms with van der Waals surface area (Å²) in [5.41, 5.74) is 0. The van der Waals surface area contributed by atoms with Crippen LogP contribution in [0.2, 0.25) is 0 Å². The second kappa shape index (κ2) is 5.44. The molecule has 0 aromatic heterocycles. The zero-order valence-electron chi connectivity index (χ0n) is 9.44. The van der Waals surface area contributed by atoms with Gasteiger partial charge in [0.25, 0.3) is 0 Å². The Balaban J connectivity index is 1.68. The van der Waals surface area contributed by atoms with E-state index in [0.29, 0.717) is 38.6 Å². The van der Waals surface area contributed by atoms with Crippen LogP contribution in [0, 0.1) is 0 Å². The maximum Gasteiger partial charge on any atom is 0.214 e. The van der Waals surface area contributed by atoms with Crippen LogP contribution in [0.15, 0.2) is 0 Å². The van der Waals surface area contributed by atoms with Crippen molar-refractivity contribution in [2.24, 2.45) is 0 Å². The number of hydrogen-bond donors (Lipinski definition) is 2. The summed E-state index contributed by atoms with van der Waals surface area (Å²) in [6.45, 7) is 2.35. The standard InChI is InChI=1S/C10H20N2O3S/c13-16(14,10-3-7-15-8-4-10)12-6-5-11-9-1-2-9/h9-12H,1-8H2. The number of sulfonamides is 1. The van der Waals surface area contributed by atoms with Gasteiger partial charge in [0.2, 0.25) is 10.0 Å². The molecule has 2 aliphatic rings. The van der Waals surface area contributed by atoms with E-state index in [1.807, 2.05) is 0 Å². The lowest BCUT2D eigenvalue weighted by molar-refractivity contribution is 0.0981. The van der Waals surface area contributed by atoms with Crippen molar-refractivity contribution in [3.05, 3.63) is 0 Å². The first-order chi connectivity index (χ1) is 7.68. The average molecular weight is 248 g/mol. The van der Waals surface area contributed by atoms with E-state index in [-0.39, 0.29) is 5.25 Å². The molecule has 1 saturated heterocycles. The largest absolute Gasteiger partial charge is 0.381 e. The quantitative estimate of drug-likeness (QED) is 0.641. The van der Waals surface area contributed by atoms with Gasteiger partial charge in [-0.3, -0.25) is 0 Å². The van der Waals surface area contributed by atoms with Crippen LogP contribution in [0.3, 0.4) is 0 Å². The first kappa shape index (κ1) is 12.3. The van der Waals surface area contributed by atoms with Gasteiger partial charge in [0.15, 0.2) is 0 Å². The predicted octanol–water partition coefficient (Wildman–Crippen LogP) is -0.163. The zero-order chi connectivity index (χ0) is 11.4. The van der Waals surface area contributed by atoms with Crippen molar-refractivity contribution in [3.8, 4) is 0 Å². The summed E-state index contributed by atoms with van der Waals surface area (Å²) in [4.78, 5) is 0. The first-order valence-electron chi connectivity index (χ1n) is 5.98. The molecule has 0 aromatic carbocycles. The Bertz CT molecular complexity index is 308. The van der Waals surface area contributed by atoms with Crippen LogP contribution in [0.25, 0.3) is 0 Å². The van der Waals surface area contributed by atoms with Gasteiger partial charge in [0, 0.05) is 32.3 Å². The molecule has 2 fully saturated rings. The third-order valence-corrected chi connectivity index (χ3v) is 5.00. The summed E-state index contributed by atoms with van der Waals surface area (Å²) >= 11 is 0. The summed E-state index contributed by atoms with van der Waals surface area (Å²) in [5, 5.41) is 3.02. The van der Waals surface area contributed by atoms with Crippen molar-refractivity contribution in [1.29, 1.82) is 0 Å². The van der Waals surface area contributed by atoms with E-state index in [9.17, 15) is 8.42 Å². The van der Waals surface area contributed by atoms with Gasteiger partial charge in [0.1, 0.15) is 0 Å². The summed E-state index contributed by atoms with van der Waals surface area (Å²) in [5.74, 6) is 0. The molecule has 1 saturated carbocycles. The number of hydrogen-bond acceptors (Lipinski definition) is 4. The Morgan fingerprint density at radius 1 is 1.06 bits per heavy atom. The van der Waals surface area contributed by atoms with E-state index in [4.69, 9.17) is 4.74 Å². The van der Waals surface area contributed by atoms with E-state index in [2.05, 4.69) is 10.0 Å². The van der Waals surface area contributed by atoms with Crippen molar-refractivity contribution in [3.63, 3.8) is 0 Å². The fourth-order valence-electron chi connectivity index (χ4n) is 1.86. The van der Waals surface area contributed by atoms with Crippen molar-refractivity contribution in [1.82, 2.24) is 10.0 Å². The van der Waals surface area contributed by atoms with Crippen LogP contribution in [-0.2, 0) is 14.8 Å². The van der Waals surface area contributed by atoms with E-state index in [0.717, 1.165) is 6.54 Å². The molecule has 1 heterocycles. The molecule has 1 aliphatic heterocycles. The highest BCUT2D eigenvalue weighted by molar-refractivity contribution is 7.90. The Morgan fingerprint density at radius 3 is 2.38 bits per heavy atom. The lowest BCUT2D eigenvalue weighted by Crippen LogP contribution is -2.40. The smallest absolute Gasteiger partial charge is 0.214 e. The molecule has 94 valence electrons. The van der Waals surface area contributed by atoms with Crippen LogP contribution in [-0.4, -0.2) is 46.0 Å². The third kappa shape index (κ3) is 3.69. The van der Waals surface area contributed by atoms with E-state index < -0.39 is 10.0 Å². The van der Waals surface area contributed by atoms with Gasteiger partial charge in [-0.2, -0.15) is 0 Å². The minimum atomic E-state index is -3.13. The summed E-state index contributed by atoms with van der Waals surface area (Å²) in [7, 11) is -3.13. The average Bonchev–Trinajstić information content (AvgIpc) is 3.10. The topological polar surface area (TPSA) is 67.4 Å². The fraction of sp³-hybridized carbons (Fsp3) is 1.00. The van der Waals surface area contributed by atoms with Crippen LogP contribution in [0.1, 0.15) is 25.7 Å². The van der Waals surface area contributed by atoms with Crippen LogP contribution >= 0.6 is 0 Å². The van der Waals surface area contributed by atoms with Crippen LogP contribution < -0.4 is 10.0 Å². The minimum Gasteiger partial charge on any atom is -0.381 e. The van der Waals surface area contributed by atoms with E-state index in [1.54, 1.807) is 0 Å². The van der Waals surface area contributed by atoms with Crippen molar-refractivity contribution < 1.29 is 13.2 Å². The number of rotatable bonds is 6. The molecule has 2 N–H and O–H groups in total. The first-order valence-corrected chi connectivity index (χ1v) is 7.53. The minimum absolute atomic E-state index is 0.262. The lowest BCUT2D eigenvalue weighted by atomic mass is 10.2. The molecular weight excluding hydrogens is 228 g/mol. The van der Waals surface area contributed by atoms with Crippen molar-refractivity contribution >= 4 is 10.0 Å². The molecule has 0 aromatic rings. The van der Waals surface area contributed by atoms with Gasteiger partial charge in [-0.25, -0.2) is 13.1 Å². The molecule has 0 radical (unpaired) electrons. The molecule has 0 bridgehead atoms. The lowest BCUT2D eigenvalue weighted by Gasteiger charge is -2.22. The summed E-state index contributed by atoms with van der Waals surface area (Å²) in [6, 6.07) is 0.632. The zero-order valence-corrected chi connectivity index (χ0v) is 10.3. The maximum atomic E-state index is 11.9. The Hall–Kier alpha value is -0.170. The number of nitrogens with one attached hydrogen (secondary N) is 2. The van der Waals surface area contributed by atoms with Gasteiger partial charge >= 0.3 is 0 Å². The normalized spacial score (nSPS) is 23.5. The molecule has 6 heteroatoms. The van der Waals surface area contributed by atoms with Gasteiger partial charge in [-0.1, -0.05) is 0 Å². The Kier molecular flexibility index (Phi) is 4.18. The van der Waals surface area contributed by atoms with Gasteiger partial charge in [0.05, 0.1) is 5.25 Å². The number of ether oxygens (including phenoxy) is 1. The monoisotopic (exact) mass is 248 g/mol.